The second-order valence-corrected chi connectivity index (χ2v) is 4.08. The first-order chi connectivity index (χ1) is 10.3. The van der Waals surface area contributed by atoms with E-state index in [1.165, 1.54) is 17.3 Å². The third kappa shape index (κ3) is 3.08. The Bertz CT molecular complexity index is 696. The van der Waals surface area contributed by atoms with E-state index >= 15 is 0 Å². The van der Waals surface area contributed by atoms with E-state index in [1.54, 1.807) is 19.4 Å². The minimum atomic E-state index is 0.393. The summed E-state index contributed by atoms with van der Waals surface area (Å²) in [5.74, 6) is 1.30. The Morgan fingerprint density at radius 2 is 1.86 bits per heavy atom. The van der Waals surface area contributed by atoms with Crippen LogP contribution in [0, 0.1) is 0 Å². The third-order valence-corrected chi connectivity index (χ3v) is 2.67. The Morgan fingerprint density at radius 1 is 1.05 bits per heavy atom. The van der Waals surface area contributed by atoms with Crippen molar-refractivity contribution >= 4 is 11.9 Å². The number of nitrogens with one attached hydrogen (secondary N) is 2. The molecule has 0 fully saturated rings. The summed E-state index contributed by atoms with van der Waals surface area (Å²) in [6, 6.07) is 3.84. The topological polar surface area (TPSA) is 106 Å². The lowest BCUT2D eigenvalue weighted by Crippen LogP contribution is -2.11. The molecule has 2 N–H and O–H groups in total. The largest absolute Gasteiger partial charge is 0.357 e. The summed E-state index contributed by atoms with van der Waals surface area (Å²) in [7, 11) is 1.74. The van der Waals surface area contributed by atoms with E-state index in [0.717, 1.165) is 5.56 Å². The molecule has 0 aliphatic heterocycles. The van der Waals surface area contributed by atoms with Crippen LogP contribution in [0.1, 0.15) is 5.56 Å². The smallest absolute Gasteiger partial charge is 0.258 e. The summed E-state index contributed by atoms with van der Waals surface area (Å²) in [5, 5.41) is 10.1. The average molecular weight is 283 g/mol. The van der Waals surface area contributed by atoms with Gasteiger partial charge in [-0.1, -0.05) is 0 Å². The number of aromatic nitrogens is 7. The Labute approximate surface area is 120 Å². The highest BCUT2D eigenvalue weighted by molar-refractivity contribution is 5.37. The van der Waals surface area contributed by atoms with Crippen molar-refractivity contribution < 1.29 is 0 Å². The summed E-state index contributed by atoms with van der Waals surface area (Å²) in [5.41, 5.74) is 1.08. The standard InChI is InChI=1S/C12H13N9/c1-13-10-18-11(16-6-9-2-4-14-5-3-9)20-12(19-10)21-8-15-7-17-21/h2-5,7-8H,6H2,1H3,(H2,13,16,18,19,20). The van der Waals surface area contributed by atoms with Crippen LogP contribution >= 0.6 is 0 Å². The molecule has 9 nitrogen and oxygen atoms in total. The lowest BCUT2D eigenvalue weighted by Gasteiger charge is -2.08. The number of hydrogen-bond acceptors (Lipinski definition) is 8. The van der Waals surface area contributed by atoms with Crippen LogP contribution in [-0.2, 0) is 6.54 Å². The molecule has 106 valence electrons. The highest BCUT2D eigenvalue weighted by atomic mass is 15.4. The van der Waals surface area contributed by atoms with Gasteiger partial charge in [-0.2, -0.15) is 24.7 Å². The molecule has 3 heterocycles. The van der Waals surface area contributed by atoms with Gasteiger partial charge in [-0.15, -0.1) is 0 Å². The predicted octanol–water partition coefficient (Wildman–Crippen LogP) is 0.501. The first-order valence-corrected chi connectivity index (χ1v) is 6.27. The summed E-state index contributed by atoms with van der Waals surface area (Å²) >= 11 is 0. The fraction of sp³-hybridized carbons (Fsp3) is 0.167. The van der Waals surface area contributed by atoms with E-state index in [1.807, 2.05) is 12.1 Å². The van der Waals surface area contributed by atoms with Gasteiger partial charge in [0.1, 0.15) is 12.7 Å². The molecule has 3 rings (SSSR count). The molecule has 3 aromatic rings. The van der Waals surface area contributed by atoms with Crippen LogP contribution in [0.4, 0.5) is 11.9 Å². The van der Waals surface area contributed by atoms with E-state index in [-0.39, 0.29) is 0 Å². The summed E-state index contributed by atoms with van der Waals surface area (Å²) < 4.78 is 1.47. The van der Waals surface area contributed by atoms with Crippen molar-refractivity contribution in [3.05, 3.63) is 42.7 Å². The SMILES string of the molecule is CNc1nc(NCc2ccncc2)nc(-n2cncn2)n1. The molecular formula is C12H13N9. The first kappa shape index (κ1) is 12.9. The zero-order valence-corrected chi connectivity index (χ0v) is 11.3. The Hall–Kier alpha value is -3.10. The second-order valence-electron chi connectivity index (χ2n) is 4.08. The summed E-state index contributed by atoms with van der Waals surface area (Å²) in [6.45, 7) is 0.590. The first-order valence-electron chi connectivity index (χ1n) is 6.27. The Kier molecular flexibility index (Phi) is 3.63. The van der Waals surface area contributed by atoms with Crippen LogP contribution in [0.2, 0.25) is 0 Å². The van der Waals surface area contributed by atoms with Crippen molar-refractivity contribution in [1.29, 1.82) is 0 Å². The third-order valence-electron chi connectivity index (χ3n) is 2.67. The Balaban J connectivity index is 1.83. The van der Waals surface area contributed by atoms with Crippen LogP contribution < -0.4 is 10.6 Å². The van der Waals surface area contributed by atoms with Gasteiger partial charge in [0.05, 0.1) is 0 Å². The van der Waals surface area contributed by atoms with Crippen molar-refractivity contribution in [3.8, 4) is 5.95 Å². The number of pyridine rings is 1. The van der Waals surface area contributed by atoms with Gasteiger partial charge in [0, 0.05) is 26.0 Å². The maximum atomic E-state index is 4.31. The van der Waals surface area contributed by atoms with Crippen molar-refractivity contribution in [3.63, 3.8) is 0 Å². The van der Waals surface area contributed by atoms with Gasteiger partial charge in [0.15, 0.2) is 0 Å². The van der Waals surface area contributed by atoms with Crippen molar-refractivity contribution in [2.24, 2.45) is 0 Å². The minimum Gasteiger partial charge on any atom is -0.357 e. The van der Waals surface area contributed by atoms with E-state index in [4.69, 9.17) is 0 Å². The predicted molar refractivity (Wildman–Crippen MR) is 75.9 cm³/mol. The summed E-state index contributed by atoms with van der Waals surface area (Å²) in [4.78, 5) is 20.7. The molecule has 3 aromatic heterocycles. The zero-order chi connectivity index (χ0) is 14.5. The van der Waals surface area contributed by atoms with Gasteiger partial charge in [-0.3, -0.25) is 4.98 Å². The lowest BCUT2D eigenvalue weighted by molar-refractivity contribution is 0.795. The Morgan fingerprint density at radius 3 is 2.57 bits per heavy atom. The van der Waals surface area contributed by atoms with Gasteiger partial charge >= 0.3 is 0 Å². The molecule has 0 aliphatic carbocycles. The summed E-state index contributed by atoms with van der Waals surface area (Å²) in [6.07, 6.45) is 6.43. The van der Waals surface area contributed by atoms with Gasteiger partial charge in [0.2, 0.25) is 11.9 Å². The van der Waals surface area contributed by atoms with Crippen molar-refractivity contribution in [2.45, 2.75) is 6.54 Å². The van der Waals surface area contributed by atoms with Crippen LogP contribution in [0.15, 0.2) is 37.2 Å². The number of hydrogen-bond donors (Lipinski definition) is 2. The lowest BCUT2D eigenvalue weighted by atomic mass is 10.3. The molecule has 0 radical (unpaired) electrons. The van der Waals surface area contributed by atoms with E-state index in [2.05, 4.69) is 40.7 Å². The van der Waals surface area contributed by atoms with Crippen molar-refractivity contribution in [2.75, 3.05) is 17.7 Å². The molecular weight excluding hydrogens is 270 g/mol. The molecule has 0 aliphatic rings. The van der Waals surface area contributed by atoms with Crippen molar-refractivity contribution in [1.82, 2.24) is 34.7 Å². The fourth-order valence-electron chi connectivity index (χ4n) is 1.65. The van der Waals surface area contributed by atoms with Gasteiger partial charge < -0.3 is 10.6 Å². The monoisotopic (exact) mass is 283 g/mol. The molecule has 21 heavy (non-hydrogen) atoms. The average Bonchev–Trinajstić information content (AvgIpc) is 3.08. The van der Waals surface area contributed by atoms with E-state index in [9.17, 15) is 0 Å². The molecule has 9 heteroatoms. The molecule has 0 saturated heterocycles. The highest BCUT2D eigenvalue weighted by Crippen LogP contribution is 2.09. The van der Waals surface area contributed by atoms with Crippen LogP contribution in [-0.4, -0.2) is 41.7 Å². The molecule has 0 bridgehead atoms. The highest BCUT2D eigenvalue weighted by Gasteiger charge is 2.07. The molecule has 0 spiro atoms. The maximum Gasteiger partial charge on any atom is 0.258 e. The fourth-order valence-corrected chi connectivity index (χ4v) is 1.65. The van der Waals surface area contributed by atoms with Crippen LogP contribution in [0.25, 0.3) is 5.95 Å². The molecule has 0 saturated carbocycles. The molecule has 0 atom stereocenters. The quantitative estimate of drug-likeness (QED) is 0.697. The minimum absolute atomic E-state index is 0.393. The van der Waals surface area contributed by atoms with Crippen LogP contribution in [0.3, 0.4) is 0 Å². The van der Waals surface area contributed by atoms with Gasteiger partial charge in [-0.05, 0) is 17.7 Å². The van der Waals surface area contributed by atoms with Gasteiger partial charge in [-0.25, -0.2) is 4.98 Å². The number of rotatable bonds is 5. The van der Waals surface area contributed by atoms with E-state index in [0.29, 0.717) is 24.4 Å². The maximum absolute atomic E-state index is 4.31. The number of anilines is 2. The molecule has 0 amide bonds. The van der Waals surface area contributed by atoms with Crippen LogP contribution in [0.5, 0.6) is 0 Å². The van der Waals surface area contributed by atoms with E-state index < -0.39 is 0 Å². The second kappa shape index (κ2) is 5.90. The molecule has 0 aromatic carbocycles. The molecule has 0 unspecified atom stereocenters. The zero-order valence-electron chi connectivity index (χ0n) is 11.3. The normalized spacial score (nSPS) is 10.3. The number of nitrogens with zero attached hydrogens (tertiary/aromatic N) is 7. The van der Waals surface area contributed by atoms with Gasteiger partial charge in [0.25, 0.3) is 5.95 Å².